The van der Waals surface area contributed by atoms with Gasteiger partial charge in [-0.2, -0.15) is 0 Å². The van der Waals surface area contributed by atoms with Gasteiger partial charge in [-0.05, 0) is 20.3 Å². The average Bonchev–Trinajstić information content (AvgIpc) is 2.47. The summed E-state index contributed by atoms with van der Waals surface area (Å²) < 4.78 is 5.27. The number of aliphatic hydroxyl groups is 1. The van der Waals surface area contributed by atoms with Gasteiger partial charge in [0.15, 0.2) is 0 Å². The van der Waals surface area contributed by atoms with Crippen LogP contribution in [0.25, 0.3) is 0 Å². The summed E-state index contributed by atoms with van der Waals surface area (Å²) in [5.41, 5.74) is 0. The normalized spacial score (nSPS) is 30.1. The molecule has 0 aromatic carbocycles. The van der Waals surface area contributed by atoms with Crippen molar-refractivity contribution in [3.05, 3.63) is 0 Å². The second kappa shape index (κ2) is 4.58. The first kappa shape index (κ1) is 10.5. The van der Waals surface area contributed by atoms with Crippen molar-refractivity contribution in [2.24, 2.45) is 5.92 Å². The highest BCUT2D eigenvalue weighted by atomic mass is 16.5. The predicted molar refractivity (Wildman–Crippen MR) is 48.2 cm³/mol. The molecule has 4 heteroatoms. The van der Waals surface area contributed by atoms with Crippen LogP contribution in [-0.2, 0) is 9.53 Å². The number of aliphatic hydroxyl groups excluding tert-OH is 1. The summed E-state index contributed by atoms with van der Waals surface area (Å²) in [6.07, 6.45) is 0.483. The average molecular weight is 187 g/mol. The number of rotatable bonds is 3. The Labute approximate surface area is 78.3 Å². The van der Waals surface area contributed by atoms with Gasteiger partial charge in [-0.25, -0.2) is 0 Å². The van der Waals surface area contributed by atoms with Crippen LogP contribution in [0.3, 0.4) is 0 Å². The highest BCUT2D eigenvalue weighted by Crippen LogP contribution is 2.18. The van der Waals surface area contributed by atoms with Crippen LogP contribution in [-0.4, -0.2) is 36.4 Å². The van der Waals surface area contributed by atoms with Crippen molar-refractivity contribution in [3.8, 4) is 0 Å². The molecular weight excluding hydrogens is 170 g/mol. The highest BCUT2D eigenvalue weighted by Gasteiger charge is 2.27. The molecule has 1 fully saturated rings. The maximum atomic E-state index is 11.4. The van der Waals surface area contributed by atoms with Crippen molar-refractivity contribution in [2.75, 3.05) is 13.2 Å². The fourth-order valence-corrected chi connectivity index (χ4v) is 1.39. The van der Waals surface area contributed by atoms with Crippen LogP contribution in [0.4, 0.5) is 0 Å². The molecule has 1 rings (SSSR count). The Bertz CT molecular complexity index is 182. The van der Waals surface area contributed by atoms with Gasteiger partial charge in [0.25, 0.3) is 0 Å². The molecule has 4 nitrogen and oxygen atoms in total. The number of carbonyl (C=O) groups excluding carboxylic acids is 1. The van der Waals surface area contributed by atoms with Crippen molar-refractivity contribution in [1.82, 2.24) is 5.32 Å². The molecule has 1 amide bonds. The topological polar surface area (TPSA) is 58.6 Å². The van der Waals surface area contributed by atoms with Gasteiger partial charge in [0, 0.05) is 6.54 Å². The summed E-state index contributed by atoms with van der Waals surface area (Å²) >= 11 is 0. The number of nitrogens with one attached hydrogen (secondary N) is 1. The molecule has 0 aromatic heterocycles. The number of hydrogen-bond donors (Lipinski definition) is 2. The fourth-order valence-electron chi connectivity index (χ4n) is 1.39. The lowest BCUT2D eigenvalue weighted by Crippen LogP contribution is -2.35. The van der Waals surface area contributed by atoms with Gasteiger partial charge in [-0.1, -0.05) is 0 Å². The van der Waals surface area contributed by atoms with E-state index in [2.05, 4.69) is 5.32 Å². The Hall–Kier alpha value is -0.610. The maximum absolute atomic E-state index is 11.4. The third-order valence-corrected chi connectivity index (χ3v) is 2.14. The Kier molecular flexibility index (Phi) is 3.69. The van der Waals surface area contributed by atoms with Crippen molar-refractivity contribution in [2.45, 2.75) is 32.5 Å². The fraction of sp³-hybridized carbons (Fsp3) is 0.889. The van der Waals surface area contributed by atoms with Gasteiger partial charge in [-0.3, -0.25) is 4.79 Å². The van der Waals surface area contributed by atoms with Gasteiger partial charge < -0.3 is 15.2 Å². The molecule has 0 aliphatic carbocycles. The summed E-state index contributed by atoms with van der Waals surface area (Å²) in [5.74, 6) is -0.0426. The maximum Gasteiger partial charge on any atom is 0.225 e. The largest absolute Gasteiger partial charge is 0.392 e. The van der Waals surface area contributed by atoms with E-state index in [1.165, 1.54) is 0 Å². The molecule has 0 aromatic rings. The van der Waals surface area contributed by atoms with E-state index in [-0.39, 0.29) is 17.9 Å². The van der Waals surface area contributed by atoms with E-state index in [1.807, 2.05) is 6.92 Å². The monoisotopic (exact) mass is 187 g/mol. The van der Waals surface area contributed by atoms with Crippen LogP contribution in [0.2, 0.25) is 0 Å². The molecule has 2 N–H and O–H groups in total. The molecule has 13 heavy (non-hydrogen) atoms. The van der Waals surface area contributed by atoms with Gasteiger partial charge in [0.2, 0.25) is 5.91 Å². The summed E-state index contributed by atoms with van der Waals surface area (Å²) in [6.45, 7) is 4.44. The minimum absolute atomic E-state index is 0.00903. The van der Waals surface area contributed by atoms with E-state index in [9.17, 15) is 4.79 Å². The van der Waals surface area contributed by atoms with Gasteiger partial charge in [0.1, 0.15) is 0 Å². The summed E-state index contributed by atoms with van der Waals surface area (Å²) in [7, 11) is 0. The molecule has 1 aliphatic rings. The van der Waals surface area contributed by atoms with E-state index < -0.39 is 6.10 Å². The van der Waals surface area contributed by atoms with Crippen molar-refractivity contribution in [1.29, 1.82) is 0 Å². The number of ether oxygens (including phenoxy) is 1. The molecule has 0 spiro atoms. The first-order chi connectivity index (χ1) is 6.09. The van der Waals surface area contributed by atoms with Gasteiger partial charge in [0.05, 0.1) is 24.7 Å². The van der Waals surface area contributed by atoms with Gasteiger partial charge >= 0.3 is 0 Å². The van der Waals surface area contributed by atoms with Gasteiger partial charge in [-0.15, -0.1) is 0 Å². The molecular formula is C9H17NO3. The molecule has 0 saturated carbocycles. The van der Waals surface area contributed by atoms with Crippen LogP contribution in [0.5, 0.6) is 0 Å². The second-order valence-electron chi connectivity index (χ2n) is 3.67. The summed E-state index contributed by atoms with van der Waals surface area (Å²) in [4.78, 5) is 11.4. The Morgan fingerprint density at radius 1 is 1.77 bits per heavy atom. The van der Waals surface area contributed by atoms with Crippen LogP contribution in [0.1, 0.15) is 20.3 Å². The number of carbonyl (C=O) groups is 1. The third-order valence-electron chi connectivity index (χ3n) is 2.14. The first-order valence-electron chi connectivity index (χ1n) is 4.67. The minimum atomic E-state index is -0.483. The lowest BCUT2D eigenvalue weighted by Gasteiger charge is -2.10. The van der Waals surface area contributed by atoms with E-state index >= 15 is 0 Å². The molecule has 3 atom stereocenters. The quantitative estimate of drug-likeness (QED) is 0.649. The summed E-state index contributed by atoms with van der Waals surface area (Å²) in [6, 6.07) is 0. The van der Waals surface area contributed by atoms with Crippen molar-refractivity contribution in [3.63, 3.8) is 0 Å². The van der Waals surface area contributed by atoms with E-state index in [0.29, 0.717) is 13.2 Å². The van der Waals surface area contributed by atoms with E-state index in [1.54, 1.807) is 6.92 Å². The van der Waals surface area contributed by atoms with Crippen molar-refractivity contribution < 1.29 is 14.6 Å². The lowest BCUT2D eigenvalue weighted by molar-refractivity contribution is -0.125. The summed E-state index contributed by atoms with van der Waals surface area (Å²) in [5, 5.41) is 11.6. The standard InChI is InChI=1S/C9H17NO3/c1-6(11)4-10-9(12)8-3-7(2)13-5-8/h6-8,11H,3-5H2,1-2H3,(H,10,12)/t6-,7?,8?/m1/s1. The smallest absolute Gasteiger partial charge is 0.225 e. The predicted octanol–water partition coefficient (Wildman–Crippen LogP) is -0.0916. The zero-order chi connectivity index (χ0) is 9.84. The van der Waals surface area contributed by atoms with Crippen LogP contribution in [0.15, 0.2) is 0 Å². The number of amides is 1. The van der Waals surface area contributed by atoms with Crippen LogP contribution >= 0.6 is 0 Å². The Morgan fingerprint density at radius 3 is 2.92 bits per heavy atom. The minimum Gasteiger partial charge on any atom is -0.392 e. The zero-order valence-electron chi connectivity index (χ0n) is 8.12. The van der Waals surface area contributed by atoms with E-state index in [0.717, 1.165) is 6.42 Å². The molecule has 0 bridgehead atoms. The lowest BCUT2D eigenvalue weighted by atomic mass is 10.1. The zero-order valence-corrected chi connectivity index (χ0v) is 8.12. The van der Waals surface area contributed by atoms with Crippen LogP contribution in [0, 0.1) is 5.92 Å². The molecule has 0 radical (unpaired) electrons. The second-order valence-corrected chi connectivity index (χ2v) is 3.67. The molecule has 2 unspecified atom stereocenters. The van der Waals surface area contributed by atoms with E-state index in [4.69, 9.17) is 9.84 Å². The molecule has 76 valence electrons. The Morgan fingerprint density at radius 2 is 2.46 bits per heavy atom. The molecule has 1 saturated heterocycles. The highest BCUT2D eigenvalue weighted by molar-refractivity contribution is 5.79. The van der Waals surface area contributed by atoms with Crippen molar-refractivity contribution >= 4 is 5.91 Å². The molecule has 1 aliphatic heterocycles. The SMILES string of the molecule is CC1CC(C(=O)NC[C@@H](C)O)CO1. The number of hydrogen-bond acceptors (Lipinski definition) is 3. The Balaban J connectivity index is 2.24. The first-order valence-corrected chi connectivity index (χ1v) is 4.67. The molecule has 1 heterocycles. The van der Waals surface area contributed by atoms with Crippen LogP contribution < -0.4 is 5.32 Å². The third kappa shape index (κ3) is 3.32.